The van der Waals surface area contributed by atoms with Gasteiger partial charge in [-0.05, 0) is 55.0 Å². The van der Waals surface area contributed by atoms with E-state index in [0.29, 0.717) is 24.5 Å². The fraction of sp³-hybridized carbons (Fsp3) is 0.321. The number of piperazine rings is 1. The minimum atomic E-state index is -3.93. The molecule has 202 valence electrons. The van der Waals surface area contributed by atoms with E-state index in [1.54, 1.807) is 19.2 Å². The molecule has 0 spiro atoms. The predicted octanol–water partition coefficient (Wildman–Crippen LogP) is 3.65. The molecule has 0 aromatic heterocycles. The van der Waals surface area contributed by atoms with Gasteiger partial charge in [-0.15, -0.1) is 0 Å². The fourth-order valence-corrected chi connectivity index (χ4v) is 5.98. The molecule has 1 fully saturated rings. The molecule has 1 unspecified atom stereocenters. The van der Waals surface area contributed by atoms with Crippen LogP contribution in [0.15, 0.2) is 77.7 Å². The number of nitrogens with zero attached hydrogens (tertiary/aromatic N) is 2. The lowest BCUT2D eigenvalue weighted by Crippen LogP contribution is -2.47. The Hall–Kier alpha value is -3.60. The second-order valence-electron chi connectivity index (χ2n) is 9.09. The Balaban J connectivity index is 1.58. The summed E-state index contributed by atoms with van der Waals surface area (Å²) < 4.78 is 40.3. The Morgan fingerprint density at radius 2 is 1.58 bits per heavy atom. The highest BCUT2D eigenvalue weighted by Gasteiger charge is 2.27. The number of benzene rings is 3. The molecule has 3 aromatic rings. The maximum Gasteiger partial charge on any atom is 0.250 e. The first-order chi connectivity index (χ1) is 18.3. The van der Waals surface area contributed by atoms with Gasteiger partial charge in [0.1, 0.15) is 17.3 Å². The Bertz CT molecular complexity index is 1330. The van der Waals surface area contributed by atoms with Crippen LogP contribution in [-0.4, -0.2) is 61.3 Å². The third-order valence-electron chi connectivity index (χ3n) is 6.50. The Morgan fingerprint density at radius 3 is 2.21 bits per heavy atom. The van der Waals surface area contributed by atoms with Crippen molar-refractivity contribution in [3.63, 3.8) is 0 Å². The SMILES string of the molecule is COCC(=O)Nc1ccc(N2CCN(c3ccc(OC)cc3)CC2)c(S(=O)(=O)NC(C)c2ccccc2)c1. The molecule has 0 radical (unpaired) electrons. The Morgan fingerprint density at radius 1 is 0.921 bits per heavy atom. The first-order valence-electron chi connectivity index (χ1n) is 12.4. The van der Waals surface area contributed by atoms with Crippen LogP contribution in [-0.2, 0) is 19.6 Å². The molecule has 0 bridgehead atoms. The lowest BCUT2D eigenvalue weighted by molar-refractivity contribution is -0.119. The number of rotatable bonds is 10. The van der Waals surface area contributed by atoms with E-state index in [2.05, 4.69) is 19.8 Å². The second-order valence-corrected chi connectivity index (χ2v) is 10.8. The van der Waals surface area contributed by atoms with E-state index in [0.717, 1.165) is 30.1 Å². The van der Waals surface area contributed by atoms with E-state index in [1.807, 2.05) is 61.5 Å². The van der Waals surface area contributed by atoms with Crippen molar-refractivity contribution in [1.82, 2.24) is 4.72 Å². The van der Waals surface area contributed by atoms with E-state index < -0.39 is 16.1 Å². The fourth-order valence-electron chi connectivity index (χ4n) is 4.50. The first kappa shape index (κ1) is 27.4. The van der Waals surface area contributed by atoms with Crippen molar-refractivity contribution in [2.75, 3.05) is 62.1 Å². The first-order valence-corrected chi connectivity index (χ1v) is 13.9. The van der Waals surface area contributed by atoms with Gasteiger partial charge in [-0.25, -0.2) is 13.1 Å². The summed E-state index contributed by atoms with van der Waals surface area (Å²) in [5.74, 6) is 0.444. The van der Waals surface area contributed by atoms with Gasteiger partial charge in [-0.2, -0.15) is 0 Å². The van der Waals surface area contributed by atoms with Gasteiger partial charge in [0.25, 0.3) is 0 Å². The van der Waals surface area contributed by atoms with Gasteiger partial charge < -0.3 is 24.6 Å². The quantitative estimate of drug-likeness (QED) is 0.407. The minimum Gasteiger partial charge on any atom is -0.497 e. The van der Waals surface area contributed by atoms with Crippen LogP contribution in [0.4, 0.5) is 17.1 Å². The topological polar surface area (TPSA) is 100 Å². The largest absolute Gasteiger partial charge is 0.497 e. The molecule has 3 aromatic carbocycles. The molecular weight excluding hydrogens is 504 g/mol. The molecule has 1 amide bonds. The van der Waals surface area contributed by atoms with Crippen LogP contribution >= 0.6 is 0 Å². The number of nitrogens with one attached hydrogen (secondary N) is 2. The van der Waals surface area contributed by atoms with E-state index in [1.165, 1.54) is 13.2 Å². The summed E-state index contributed by atoms with van der Waals surface area (Å²) in [6.45, 7) is 4.42. The molecule has 1 aliphatic rings. The van der Waals surface area contributed by atoms with Gasteiger partial charge in [-0.1, -0.05) is 30.3 Å². The minimum absolute atomic E-state index is 0.119. The molecular formula is C28H34N4O5S. The lowest BCUT2D eigenvalue weighted by atomic mass is 10.1. The van der Waals surface area contributed by atoms with E-state index in [4.69, 9.17) is 9.47 Å². The second kappa shape index (κ2) is 12.3. The summed E-state index contributed by atoms with van der Waals surface area (Å²) in [7, 11) is -0.862. The van der Waals surface area contributed by atoms with Gasteiger partial charge in [-0.3, -0.25) is 4.79 Å². The van der Waals surface area contributed by atoms with Crippen molar-refractivity contribution in [1.29, 1.82) is 0 Å². The molecule has 9 nitrogen and oxygen atoms in total. The van der Waals surface area contributed by atoms with Gasteiger partial charge in [0.15, 0.2) is 0 Å². The highest BCUT2D eigenvalue weighted by molar-refractivity contribution is 7.89. The predicted molar refractivity (Wildman–Crippen MR) is 150 cm³/mol. The number of anilines is 3. The van der Waals surface area contributed by atoms with E-state index in [-0.39, 0.29) is 17.4 Å². The molecule has 0 aliphatic carbocycles. The van der Waals surface area contributed by atoms with Crippen LogP contribution in [0.25, 0.3) is 0 Å². The normalized spacial score (nSPS) is 14.7. The van der Waals surface area contributed by atoms with Crippen LogP contribution in [0.5, 0.6) is 5.75 Å². The van der Waals surface area contributed by atoms with Gasteiger partial charge in [0, 0.05) is 50.7 Å². The van der Waals surface area contributed by atoms with Crippen molar-refractivity contribution < 1.29 is 22.7 Å². The number of hydrogen-bond donors (Lipinski definition) is 2. The number of ether oxygens (including phenoxy) is 2. The molecule has 38 heavy (non-hydrogen) atoms. The molecule has 1 heterocycles. The highest BCUT2D eigenvalue weighted by atomic mass is 32.2. The van der Waals surface area contributed by atoms with Gasteiger partial charge in [0.2, 0.25) is 15.9 Å². The summed E-state index contributed by atoms with van der Waals surface area (Å²) in [6.07, 6.45) is 0. The molecule has 10 heteroatoms. The average molecular weight is 539 g/mol. The molecule has 1 aliphatic heterocycles. The summed E-state index contributed by atoms with van der Waals surface area (Å²) >= 11 is 0. The Kier molecular flexibility index (Phi) is 8.88. The van der Waals surface area contributed by atoms with Crippen molar-refractivity contribution in [2.24, 2.45) is 0 Å². The third-order valence-corrected chi connectivity index (χ3v) is 8.07. The summed E-state index contributed by atoms with van der Waals surface area (Å²) in [5.41, 5.74) is 2.93. The van der Waals surface area contributed by atoms with Crippen molar-refractivity contribution >= 4 is 33.0 Å². The number of carbonyl (C=O) groups is 1. The molecule has 1 atom stereocenters. The summed E-state index contributed by atoms with van der Waals surface area (Å²) in [6, 6.07) is 21.9. The number of methoxy groups -OCH3 is 2. The average Bonchev–Trinajstić information content (AvgIpc) is 2.93. The zero-order valence-electron chi connectivity index (χ0n) is 21.9. The highest BCUT2D eigenvalue weighted by Crippen LogP contribution is 2.31. The maximum absolute atomic E-state index is 13.7. The number of sulfonamides is 1. The smallest absolute Gasteiger partial charge is 0.250 e. The monoisotopic (exact) mass is 538 g/mol. The van der Waals surface area contributed by atoms with E-state index in [9.17, 15) is 13.2 Å². The Labute approximate surface area is 224 Å². The van der Waals surface area contributed by atoms with Crippen LogP contribution in [0.1, 0.15) is 18.5 Å². The van der Waals surface area contributed by atoms with Gasteiger partial charge >= 0.3 is 0 Å². The standard InChI is InChI=1S/C28H34N4O5S/c1-21(22-7-5-4-6-8-22)30-38(34,35)27-19-23(29-28(33)20-36-2)9-14-26(27)32-17-15-31(16-18-32)24-10-12-25(37-3)13-11-24/h4-14,19,21,30H,15-18,20H2,1-3H3,(H,29,33). The zero-order valence-corrected chi connectivity index (χ0v) is 22.7. The molecule has 2 N–H and O–H groups in total. The summed E-state index contributed by atoms with van der Waals surface area (Å²) in [4.78, 5) is 16.6. The maximum atomic E-state index is 13.7. The molecule has 0 saturated carbocycles. The third kappa shape index (κ3) is 6.63. The summed E-state index contributed by atoms with van der Waals surface area (Å²) in [5, 5.41) is 2.72. The van der Waals surface area contributed by atoms with Crippen molar-refractivity contribution in [3.8, 4) is 5.75 Å². The van der Waals surface area contributed by atoms with Gasteiger partial charge in [0.05, 0.1) is 12.8 Å². The van der Waals surface area contributed by atoms with E-state index >= 15 is 0 Å². The number of carbonyl (C=O) groups excluding carboxylic acids is 1. The van der Waals surface area contributed by atoms with Crippen LogP contribution in [0.2, 0.25) is 0 Å². The van der Waals surface area contributed by atoms with Crippen molar-refractivity contribution in [2.45, 2.75) is 17.9 Å². The number of amides is 1. The number of hydrogen-bond acceptors (Lipinski definition) is 7. The molecule has 4 rings (SSSR count). The molecule has 1 saturated heterocycles. The zero-order chi connectivity index (χ0) is 27.1. The van der Waals surface area contributed by atoms with Crippen LogP contribution in [0.3, 0.4) is 0 Å². The van der Waals surface area contributed by atoms with Crippen molar-refractivity contribution in [3.05, 3.63) is 78.4 Å². The van der Waals surface area contributed by atoms with Crippen LogP contribution in [0, 0.1) is 0 Å². The van der Waals surface area contributed by atoms with Crippen LogP contribution < -0.4 is 24.6 Å². The lowest BCUT2D eigenvalue weighted by Gasteiger charge is -2.38.